The zero-order valence-electron chi connectivity index (χ0n) is 27.8. The number of fused-ring (bicyclic) bond motifs is 4. The fourth-order valence-electron chi connectivity index (χ4n) is 7.87. The number of hydrogen-bond donors (Lipinski definition) is 1. The standard InChI is InChI=1S/C44H38BOP/c1-24-15-19-35-37(21-24)39(38-22-25(2)16-20-36(38)40(35)41-42(45)26(3)44(47)27(4)43(41)46)34-14-8-12-32-31(11-7-13-33(32)34)30-18-17-28-9-5-6-10-29(28)23-30/h5,7-9,11-23,46H,6,10,45,47H2,1-4H3. The number of benzene rings is 7. The van der Waals surface area contributed by atoms with Gasteiger partial charge in [-0.1, -0.05) is 120 Å². The highest BCUT2D eigenvalue weighted by atomic mass is 31.0. The molecule has 1 atom stereocenters. The molecule has 0 saturated heterocycles. The van der Waals surface area contributed by atoms with Crippen LogP contribution in [0, 0.1) is 27.7 Å². The van der Waals surface area contributed by atoms with E-state index in [0.717, 1.165) is 51.1 Å². The van der Waals surface area contributed by atoms with Crippen LogP contribution in [0.1, 0.15) is 39.8 Å². The van der Waals surface area contributed by atoms with E-state index >= 15 is 0 Å². The monoisotopic (exact) mass is 624 g/mol. The van der Waals surface area contributed by atoms with Gasteiger partial charge in [0, 0.05) is 11.1 Å². The van der Waals surface area contributed by atoms with E-state index in [4.69, 9.17) is 0 Å². The summed E-state index contributed by atoms with van der Waals surface area (Å²) in [7, 11) is 4.99. The predicted molar refractivity (Wildman–Crippen MR) is 211 cm³/mol. The van der Waals surface area contributed by atoms with Crippen molar-refractivity contribution in [1.29, 1.82) is 0 Å². The highest BCUT2D eigenvalue weighted by molar-refractivity contribution is 7.27. The number of hydrogen-bond acceptors (Lipinski definition) is 1. The Balaban J connectivity index is 1.49. The van der Waals surface area contributed by atoms with Gasteiger partial charge >= 0.3 is 0 Å². The third-order valence-corrected chi connectivity index (χ3v) is 11.4. The summed E-state index contributed by atoms with van der Waals surface area (Å²) in [5, 5.41) is 20.1. The molecule has 1 nitrogen and oxygen atoms in total. The largest absolute Gasteiger partial charge is 0.507 e. The first-order valence-electron chi connectivity index (χ1n) is 16.6. The maximum atomic E-state index is 11.8. The minimum Gasteiger partial charge on any atom is -0.507 e. The number of aromatic hydroxyl groups is 1. The van der Waals surface area contributed by atoms with Crippen LogP contribution in [-0.2, 0) is 6.42 Å². The van der Waals surface area contributed by atoms with Crippen molar-refractivity contribution in [2.24, 2.45) is 0 Å². The van der Waals surface area contributed by atoms with E-state index in [1.165, 1.54) is 71.6 Å². The molecule has 0 amide bonds. The highest BCUT2D eigenvalue weighted by Crippen LogP contribution is 2.48. The van der Waals surface area contributed by atoms with Gasteiger partial charge < -0.3 is 5.11 Å². The Morgan fingerprint density at radius 1 is 0.617 bits per heavy atom. The van der Waals surface area contributed by atoms with Crippen molar-refractivity contribution in [3.05, 3.63) is 130 Å². The minimum atomic E-state index is 0.366. The smallest absolute Gasteiger partial charge is 0.140 e. The lowest BCUT2D eigenvalue weighted by atomic mass is 9.77. The number of phenols is 1. The third-order valence-electron chi connectivity index (χ3n) is 10.5. The normalized spacial score (nSPS) is 12.7. The summed E-state index contributed by atoms with van der Waals surface area (Å²) in [6.07, 6.45) is 6.72. The van der Waals surface area contributed by atoms with Crippen molar-refractivity contribution < 1.29 is 5.11 Å². The lowest BCUT2D eigenvalue weighted by Crippen LogP contribution is -2.21. The average Bonchev–Trinajstić information content (AvgIpc) is 3.09. The lowest BCUT2D eigenvalue weighted by Gasteiger charge is -2.23. The first kappa shape index (κ1) is 29.7. The SMILES string of the molecule is Bc1c(C)c(P)c(C)c(O)c1-c1c2ccc(C)cc2c(-c2cccc3c(-c4ccc5c(c4)CCC=C5)cccc23)c2cc(C)ccc12. The Kier molecular flexibility index (Phi) is 7.12. The van der Waals surface area contributed by atoms with Gasteiger partial charge in [0.25, 0.3) is 0 Å². The second-order valence-corrected chi connectivity index (χ2v) is 14.0. The predicted octanol–water partition coefficient (Wildman–Crippen LogP) is 9.80. The van der Waals surface area contributed by atoms with E-state index in [-0.39, 0.29) is 0 Å². The van der Waals surface area contributed by atoms with Gasteiger partial charge in [0.2, 0.25) is 0 Å². The maximum absolute atomic E-state index is 11.8. The maximum Gasteiger partial charge on any atom is 0.140 e. The van der Waals surface area contributed by atoms with E-state index < -0.39 is 0 Å². The third kappa shape index (κ3) is 4.65. The molecule has 1 aliphatic carbocycles. The Hall–Kier alpha value is -4.65. The summed E-state index contributed by atoms with van der Waals surface area (Å²) in [5.41, 5.74) is 15.5. The van der Waals surface area contributed by atoms with Crippen LogP contribution in [0.3, 0.4) is 0 Å². The molecule has 0 heterocycles. The molecule has 0 aliphatic heterocycles. The van der Waals surface area contributed by atoms with E-state index in [1.54, 1.807) is 0 Å². The van der Waals surface area contributed by atoms with Crippen LogP contribution in [0.5, 0.6) is 5.75 Å². The van der Waals surface area contributed by atoms with Crippen LogP contribution in [0.15, 0.2) is 97.1 Å². The average molecular weight is 625 g/mol. The highest BCUT2D eigenvalue weighted by Gasteiger charge is 2.24. The molecule has 0 fully saturated rings. The number of aryl methyl sites for hydroxylation is 3. The number of phenolic OH excluding ortho intramolecular Hbond substituents is 1. The van der Waals surface area contributed by atoms with Crippen LogP contribution in [0.4, 0.5) is 0 Å². The molecule has 3 heteroatoms. The fraction of sp³-hybridized carbons (Fsp3) is 0.136. The van der Waals surface area contributed by atoms with Crippen molar-refractivity contribution >= 4 is 66.2 Å². The molecule has 7 aromatic carbocycles. The number of rotatable bonds is 3. The second kappa shape index (κ2) is 11.3. The lowest BCUT2D eigenvalue weighted by molar-refractivity contribution is 0.474. The second-order valence-electron chi connectivity index (χ2n) is 13.4. The Morgan fingerprint density at radius 2 is 1.26 bits per heavy atom. The van der Waals surface area contributed by atoms with E-state index in [0.29, 0.717) is 5.75 Å². The number of allylic oxidation sites excluding steroid dienone is 1. The van der Waals surface area contributed by atoms with Crippen LogP contribution in [-0.4, -0.2) is 13.0 Å². The molecule has 0 saturated carbocycles. The topological polar surface area (TPSA) is 20.2 Å². The molecule has 47 heavy (non-hydrogen) atoms. The zero-order valence-corrected chi connectivity index (χ0v) is 28.9. The van der Waals surface area contributed by atoms with Crippen molar-refractivity contribution in [1.82, 2.24) is 0 Å². The molecule has 0 radical (unpaired) electrons. The van der Waals surface area contributed by atoms with Gasteiger partial charge in [0.05, 0.1) is 0 Å². The molecule has 0 spiro atoms. The molecule has 1 N–H and O–H groups in total. The molecule has 8 rings (SSSR count). The van der Waals surface area contributed by atoms with Gasteiger partial charge in [-0.25, -0.2) is 0 Å². The first-order chi connectivity index (χ1) is 22.7. The summed E-state index contributed by atoms with van der Waals surface area (Å²) in [4.78, 5) is 0. The molecule has 7 aromatic rings. The van der Waals surface area contributed by atoms with Gasteiger partial charge in [-0.3, -0.25) is 0 Å². The van der Waals surface area contributed by atoms with Crippen molar-refractivity contribution in [2.75, 3.05) is 0 Å². The Bertz CT molecular complexity index is 2390. The summed E-state index contributed by atoms with van der Waals surface area (Å²) < 4.78 is 0. The zero-order chi connectivity index (χ0) is 32.6. The van der Waals surface area contributed by atoms with Crippen molar-refractivity contribution in [2.45, 2.75) is 40.5 Å². The van der Waals surface area contributed by atoms with Gasteiger partial charge in [-0.2, -0.15) is 0 Å². The van der Waals surface area contributed by atoms with Gasteiger partial charge in [0.1, 0.15) is 13.6 Å². The van der Waals surface area contributed by atoms with Crippen LogP contribution in [0.25, 0.3) is 71.8 Å². The van der Waals surface area contributed by atoms with Gasteiger partial charge in [-0.05, 0) is 123 Å². The quantitative estimate of drug-likeness (QED) is 0.118. The fourth-order valence-corrected chi connectivity index (χ4v) is 8.22. The molecule has 0 aromatic heterocycles. The minimum absolute atomic E-state index is 0.366. The van der Waals surface area contributed by atoms with E-state index in [1.807, 2.05) is 6.92 Å². The Labute approximate surface area is 280 Å². The summed E-state index contributed by atoms with van der Waals surface area (Å²) in [6, 6.07) is 34.1. The summed E-state index contributed by atoms with van der Waals surface area (Å²) in [6.45, 7) is 8.53. The van der Waals surface area contributed by atoms with Gasteiger partial charge in [0.15, 0.2) is 0 Å². The van der Waals surface area contributed by atoms with E-state index in [9.17, 15) is 5.11 Å². The van der Waals surface area contributed by atoms with Crippen molar-refractivity contribution in [3.8, 4) is 39.1 Å². The molecule has 1 aliphatic rings. The van der Waals surface area contributed by atoms with Crippen LogP contribution >= 0.6 is 9.24 Å². The molecule has 0 bridgehead atoms. The summed E-state index contributed by atoms with van der Waals surface area (Å²) in [5.74, 6) is 0.366. The van der Waals surface area contributed by atoms with Gasteiger partial charge in [-0.15, -0.1) is 9.24 Å². The Morgan fingerprint density at radius 3 is 1.94 bits per heavy atom. The summed E-state index contributed by atoms with van der Waals surface area (Å²) >= 11 is 0. The van der Waals surface area contributed by atoms with Crippen LogP contribution < -0.4 is 10.8 Å². The van der Waals surface area contributed by atoms with Crippen LogP contribution in [0.2, 0.25) is 0 Å². The molecular formula is C44H38BOP. The van der Waals surface area contributed by atoms with Crippen molar-refractivity contribution in [3.63, 3.8) is 0 Å². The molecular weight excluding hydrogens is 586 g/mol. The molecule has 1 unspecified atom stereocenters. The first-order valence-corrected chi connectivity index (χ1v) is 17.2. The van der Waals surface area contributed by atoms with E-state index in [2.05, 4.69) is 141 Å². The molecule has 228 valence electrons.